The fourth-order valence-electron chi connectivity index (χ4n) is 1.33. The van der Waals surface area contributed by atoms with Gasteiger partial charge < -0.3 is 15.7 Å². The topological polar surface area (TPSA) is 125 Å². The van der Waals surface area contributed by atoms with E-state index >= 15 is 0 Å². The minimum atomic E-state index is -3.55. The maximum Gasteiger partial charge on any atom is 0.314 e. The van der Waals surface area contributed by atoms with Gasteiger partial charge in [0.05, 0.1) is 6.42 Å². The van der Waals surface area contributed by atoms with Crippen molar-refractivity contribution >= 4 is 33.4 Å². The molecule has 1 aromatic heterocycles. The van der Waals surface area contributed by atoms with Crippen molar-refractivity contribution in [3.8, 4) is 0 Å². The minimum absolute atomic E-state index is 0.0152. The van der Waals surface area contributed by atoms with Gasteiger partial charge in [0.1, 0.15) is 4.21 Å². The van der Waals surface area contributed by atoms with Crippen LogP contribution in [0.3, 0.4) is 0 Å². The number of urea groups is 1. The van der Waals surface area contributed by atoms with Gasteiger partial charge in [-0.15, -0.1) is 11.3 Å². The van der Waals surface area contributed by atoms with Gasteiger partial charge in [-0.3, -0.25) is 4.79 Å². The van der Waals surface area contributed by atoms with Gasteiger partial charge in [0.25, 0.3) is 0 Å². The van der Waals surface area contributed by atoms with E-state index in [-0.39, 0.29) is 30.3 Å². The summed E-state index contributed by atoms with van der Waals surface area (Å²) in [5.41, 5.74) is 0. The molecule has 1 heterocycles. The number of hydrogen-bond donors (Lipinski definition) is 4. The number of hydrogen-bond acceptors (Lipinski definition) is 5. The van der Waals surface area contributed by atoms with Crippen molar-refractivity contribution in [3.63, 3.8) is 0 Å². The van der Waals surface area contributed by atoms with E-state index < -0.39 is 22.0 Å². The molecule has 8 nitrogen and oxygen atoms in total. The van der Waals surface area contributed by atoms with Crippen molar-refractivity contribution in [1.82, 2.24) is 15.4 Å². The Morgan fingerprint density at radius 2 is 1.86 bits per heavy atom. The Hall–Kier alpha value is -1.65. The molecular weight excluding hydrogens is 318 g/mol. The second-order valence-corrected chi connectivity index (χ2v) is 7.37. The zero-order chi connectivity index (χ0) is 15.9. The monoisotopic (exact) mass is 335 g/mol. The third-order valence-electron chi connectivity index (χ3n) is 2.31. The molecule has 0 saturated heterocycles. The Morgan fingerprint density at radius 3 is 2.43 bits per heavy atom. The number of rotatable bonds is 8. The summed E-state index contributed by atoms with van der Waals surface area (Å²) in [6.45, 7) is 1.97. The third-order valence-corrected chi connectivity index (χ3v) is 5.26. The summed E-state index contributed by atoms with van der Waals surface area (Å²) in [5.74, 6) is -1.01. The first-order valence-electron chi connectivity index (χ1n) is 6.11. The molecule has 1 rings (SSSR count). The lowest BCUT2D eigenvalue weighted by Gasteiger charge is -2.07. The fraction of sp³-hybridized carbons (Fsp3) is 0.455. The molecule has 0 saturated carbocycles. The quantitative estimate of drug-likeness (QED) is 0.502. The zero-order valence-corrected chi connectivity index (χ0v) is 13.0. The molecule has 2 amide bonds. The maximum absolute atomic E-state index is 11.8. The molecule has 10 heteroatoms. The smallest absolute Gasteiger partial charge is 0.314 e. The first kappa shape index (κ1) is 17.4. The average molecular weight is 335 g/mol. The van der Waals surface area contributed by atoms with Gasteiger partial charge in [-0.1, -0.05) is 0 Å². The standard InChI is InChI=1S/C11H17N3O5S2/c1-8-2-3-10(20-8)21(18,19)14-7-6-13-11(17)12-5-4-9(15)16/h2-3,14H,4-7H2,1H3,(H,15,16)(H2,12,13,17). The van der Waals surface area contributed by atoms with Gasteiger partial charge in [0, 0.05) is 24.5 Å². The minimum Gasteiger partial charge on any atom is -0.481 e. The summed E-state index contributed by atoms with van der Waals surface area (Å²) in [4.78, 5) is 22.4. The highest BCUT2D eigenvalue weighted by Gasteiger charge is 2.15. The molecule has 0 fully saturated rings. The number of aliphatic carboxylic acids is 1. The van der Waals surface area contributed by atoms with Crippen LogP contribution in [0.25, 0.3) is 0 Å². The van der Waals surface area contributed by atoms with Gasteiger partial charge in [0.2, 0.25) is 10.0 Å². The molecule has 21 heavy (non-hydrogen) atoms. The van der Waals surface area contributed by atoms with Crippen LogP contribution in [-0.2, 0) is 14.8 Å². The van der Waals surface area contributed by atoms with E-state index in [4.69, 9.17) is 5.11 Å². The molecule has 4 N–H and O–H groups in total. The molecule has 0 aliphatic heterocycles. The average Bonchev–Trinajstić information content (AvgIpc) is 2.82. The number of thiophene rings is 1. The number of carbonyl (C=O) groups is 2. The van der Waals surface area contributed by atoms with Gasteiger partial charge >= 0.3 is 12.0 Å². The Balaban J connectivity index is 2.24. The molecule has 118 valence electrons. The maximum atomic E-state index is 11.8. The molecule has 0 spiro atoms. The fourth-order valence-corrected chi connectivity index (χ4v) is 3.69. The number of aryl methyl sites for hydroxylation is 1. The zero-order valence-electron chi connectivity index (χ0n) is 11.4. The predicted molar refractivity (Wildman–Crippen MR) is 77.9 cm³/mol. The van der Waals surface area contributed by atoms with E-state index in [1.54, 1.807) is 6.07 Å². The van der Waals surface area contributed by atoms with Crippen LogP contribution in [-0.4, -0.2) is 45.2 Å². The summed E-state index contributed by atoms with van der Waals surface area (Å²) in [5, 5.41) is 13.2. The number of carboxylic acid groups (broad SMARTS) is 1. The Labute approximate surface area is 126 Å². The molecule has 0 aromatic carbocycles. The van der Waals surface area contributed by atoms with Crippen LogP contribution in [0.5, 0.6) is 0 Å². The van der Waals surface area contributed by atoms with Gasteiger partial charge in [0.15, 0.2) is 0 Å². The molecule has 0 bridgehead atoms. The van der Waals surface area contributed by atoms with Gasteiger partial charge in [-0.25, -0.2) is 17.9 Å². The number of nitrogens with one attached hydrogen (secondary N) is 3. The Morgan fingerprint density at radius 1 is 1.19 bits per heavy atom. The van der Waals surface area contributed by atoms with Crippen LogP contribution in [0, 0.1) is 6.92 Å². The molecule has 0 aliphatic carbocycles. The molecule has 0 radical (unpaired) electrons. The summed E-state index contributed by atoms with van der Waals surface area (Å²) in [7, 11) is -3.55. The molecule has 0 atom stereocenters. The van der Waals surface area contributed by atoms with Gasteiger partial charge in [-0.2, -0.15) is 0 Å². The lowest BCUT2D eigenvalue weighted by atomic mass is 10.4. The van der Waals surface area contributed by atoms with Crippen LogP contribution in [0.1, 0.15) is 11.3 Å². The highest BCUT2D eigenvalue weighted by molar-refractivity contribution is 7.91. The van der Waals surface area contributed by atoms with Crippen molar-refractivity contribution in [2.24, 2.45) is 0 Å². The normalized spacial score (nSPS) is 11.1. The van der Waals surface area contributed by atoms with Crippen LogP contribution in [0.2, 0.25) is 0 Å². The first-order valence-corrected chi connectivity index (χ1v) is 8.41. The molecule has 0 unspecified atom stereocenters. The van der Waals surface area contributed by atoms with E-state index in [1.165, 1.54) is 17.4 Å². The Kier molecular flexibility index (Phi) is 6.59. The van der Waals surface area contributed by atoms with Crippen molar-refractivity contribution in [2.75, 3.05) is 19.6 Å². The number of carbonyl (C=O) groups excluding carboxylic acids is 1. The lowest BCUT2D eigenvalue weighted by molar-refractivity contribution is -0.136. The number of amides is 2. The molecule has 0 aliphatic rings. The predicted octanol–water partition coefficient (Wildman–Crippen LogP) is 0.109. The molecular formula is C11H17N3O5S2. The van der Waals surface area contributed by atoms with Crippen LogP contribution >= 0.6 is 11.3 Å². The van der Waals surface area contributed by atoms with Crippen molar-refractivity contribution in [1.29, 1.82) is 0 Å². The number of carboxylic acids is 1. The lowest BCUT2D eigenvalue weighted by Crippen LogP contribution is -2.40. The van der Waals surface area contributed by atoms with E-state index in [0.717, 1.165) is 4.88 Å². The largest absolute Gasteiger partial charge is 0.481 e. The van der Waals surface area contributed by atoms with Gasteiger partial charge in [-0.05, 0) is 19.1 Å². The van der Waals surface area contributed by atoms with Crippen molar-refractivity contribution in [3.05, 3.63) is 17.0 Å². The summed E-state index contributed by atoms with van der Waals surface area (Å²) < 4.78 is 26.3. The van der Waals surface area contributed by atoms with Crippen LogP contribution < -0.4 is 15.4 Å². The second-order valence-electron chi connectivity index (χ2n) is 4.09. The Bertz CT molecular complexity index is 597. The second kappa shape index (κ2) is 7.96. The summed E-state index contributed by atoms with van der Waals surface area (Å²) in [6.07, 6.45) is -0.169. The van der Waals surface area contributed by atoms with Crippen LogP contribution in [0.15, 0.2) is 16.3 Å². The van der Waals surface area contributed by atoms with E-state index in [2.05, 4.69) is 15.4 Å². The van der Waals surface area contributed by atoms with Crippen molar-refractivity contribution < 1.29 is 23.1 Å². The summed E-state index contributed by atoms with van der Waals surface area (Å²) >= 11 is 1.17. The van der Waals surface area contributed by atoms with E-state index in [1.807, 2.05) is 6.92 Å². The highest BCUT2D eigenvalue weighted by Crippen LogP contribution is 2.19. The number of sulfonamides is 1. The third kappa shape index (κ3) is 6.56. The highest BCUT2D eigenvalue weighted by atomic mass is 32.2. The van der Waals surface area contributed by atoms with E-state index in [0.29, 0.717) is 0 Å². The van der Waals surface area contributed by atoms with Crippen LogP contribution in [0.4, 0.5) is 4.79 Å². The first-order chi connectivity index (χ1) is 9.81. The van der Waals surface area contributed by atoms with Crippen molar-refractivity contribution in [2.45, 2.75) is 17.6 Å². The summed E-state index contributed by atoms with van der Waals surface area (Å²) in [6, 6.07) is 2.70. The SMILES string of the molecule is Cc1ccc(S(=O)(=O)NCCNC(=O)NCCC(=O)O)s1. The van der Waals surface area contributed by atoms with E-state index in [9.17, 15) is 18.0 Å². The molecule has 1 aromatic rings.